The predicted molar refractivity (Wildman–Crippen MR) is 84.7 cm³/mol. The molecule has 1 aliphatic heterocycles. The zero-order valence-electron chi connectivity index (χ0n) is 12.3. The summed E-state index contributed by atoms with van der Waals surface area (Å²) in [7, 11) is 0. The summed E-state index contributed by atoms with van der Waals surface area (Å²) in [5, 5.41) is 9.46. The molecule has 1 N–H and O–H groups in total. The van der Waals surface area contributed by atoms with E-state index in [0.29, 0.717) is 0 Å². The molecule has 0 radical (unpaired) electrons. The minimum absolute atomic E-state index is 0.284. The van der Waals surface area contributed by atoms with Gasteiger partial charge in [0.2, 0.25) is 0 Å². The number of carboxylic acid groups (broad SMARTS) is 1. The van der Waals surface area contributed by atoms with Crippen molar-refractivity contribution in [3.63, 3.8) is 0 Å². The SMILES string of the molecule is O=C(O)CCCCN1CCN(Cc2ccccc2Cl)CC1. The third kappa shape index (κ3) is 5.65. The lowest BCUT2D eigenvalue weighted by Gasteiger charge is -2.34. The Balaban J connectivity index is 1.66. The smallest absolute Gasteiger partial charge is 0.303 e. The molecule has 21 heavy (non-hydrogen) atoms. The fourth-order valence-corrected chi connectivity index (χ4v) is 2.85. The summed E-state index contributed by atoms with van der Waals surface area (Å²) in [5.74, 6) is -0.695. The van der Waals surface area contributed by atoms with Crippen molar-refractivity contribution in [3.8, 4) is 0 Å². The van der Waals surface area contributed by atoms with Crippen molar-refractivity contribution >= 4 is 17.6 Å². The number of rotatable bonds is 7. The minimum Gasteiger partial charge on any atom is -0.481 e. The van der Waals surface area contributed by atoms with Crippen molar-refractivity contribution in [2.24, 2.45) is 0 Å². The van der Waals surface area contributed by atoms with Crippen LogP contribution < -0.4 is 0 Å². The Labute approximate surface area is 131 Å². The van der Waals surface area contributed by atoms with Gasteiger partial charge in [0, 0.05) is 44.2 Å². The van der Waals surface area contributed by atoms with Crippen LogP contribution in [-0.2, 0) is 11.3 Å². The molecule has 0 spiro atoms. The molecular weight excluding hydrogens is 288 g/mol. The maximum Gasteiger partial charge on any atom is 0.303 e. The quantitative estimate of drug-likeness (QED) is 0.787. The summed E-state index contributed by atoms with van der Waals surface area (Å²) >= 11 is 6.20. The Kier molecular flexibility index (Phi) is 6.49. The lowest BCUT2D eigenvalue weighted by atomic mass is 10.2. The average molecular weight is 311 g/mol. The molecule has 5 heteroatoms. The lowest BCUT2D eigenvalue weighted by molar-refractivity contribution is -0.137. The Morgan fingerprint density at radius 3 is 2.43 bits per heavy atom. The summed E-state index contributed by atoms with van der Waals surface area (Å²) in [6, 6.07) is 8.01. The second-order valence-corrected chi connectivity index (χ2v) is 5.97. The van der Waals surface area contributed by atoms with Gasteiger partial charge in [-0.2, -0.15) is 0 Å². The Bertz CT molecular complexity index is 459. The van der Waals surface area contributed by atoms with Crippen LogP contribution in [0.25, 0.3) is 0 Å². The van der Waals surface area contributed by atoms with Crippen molar-refractivity contribution in [1.82, 2.24) is 9.80 Å². The largest absolute Gasteiger partial charge is 0.481 e. The highest BCUT2D eigenvalue weighted by molar-refractivity contribution is 6.31. The van der Waals surface area contributed by atoms with Crippen molar-refractivity contribution < 1.29 is 9.90 Å². The summed E-state index contributed by atoms with van der Waals surface area (Å²) in [5.41, 5.74) is 1.19. The molecule has 0 aliphatic carbocycles. The summed E-state index contributed by atoms with van der Waals surface area (Å²) < 4.78 is 0. The average Bonchev–Trinajstić information content (AvgIpc) is 2.47. The zero-order chi connectivity index (χ0) is 15.1. The van der Waals surface area contributed by atoms with E-state index in [2.05, 4.69) is 15.9 Å². The molecule has 1 aliphatic rings. The van der Waals surface area contributed by atoms with E-state index in [1.54, 1.807) is 0 Å². The molecule has 0 saturated carbocycles. The first-order chi connectivity index (χ1) is 10.1. The molecule has 2 rings (SSSR count). The van der Waals surface area contributed by atoms with Crippen molar-refractivity contribution in [1.29, 1.82) is 0 Å². The number of hydrogen-bond acceptors (Lipinski definition) is 3. The molecule has 0 aromatic heterocycles. The Morgan fingerprint density at radius 1 is 1.10 bits per heavy atom. The van der Waals surface area contributed by atoms with Crippen LogP contribution in [0.5, 0.6) is 0 Å². The van der Waals surface area contributed by atoms with Crippen molar-refractivity contribution in [3.05, 3.63) is 34.9 Å². The highest BCUT2D eigenvalue weighted by atomic mass is 35.5. The highest BCUT2D eigenvalue weighted by Gasteiger charge is 2.17. The zero-order valence-corrected chi connectivity index (χ0v) is 13.1. The predicted octanol–water partition coefficient (Wildman–Crippen LogP) is 2.71. The van der Waals surface area contributed by atoms with Gasteiger partial charge in [0.25, 0.3) is 0 Å². The number of hydrogen-bond donors (Lipinski definition) is 1. The van der Waals surface area contributed by atoms with Crippen LogP contribution in [-0.4, -0.2) is 53.6 Å². The first-order valence-electron chi connectivity index (χ1n) is 7.55. The van der Waals surface area contributed by atoms with Crippen molar-refractivity contribution in [2.45, 2.75) is 25.8 Å². The van der Waals surface area contributed by atoms with Crippen LogP contribution in [0.15, 0.2) is 24.3 Å². The van der Waals surface area contributed by atoms with E-state index >= 15 is 0 Å². The fourth-order valence-electron chi connectivity index (χ4n) is 2.65. The topological polar surface area (TPSA) is 43.8 Å². The third-order valence-corrected chi connectivity index (χ3v) is 4.30. The minimum atomic E-state index is -0.695. The molecule has 1 saturated heterocycles. The Hall–Kier alpha value is -1.10. The molecule has 1 aromatic carbocycles. The van der Waals surface area contributed by atoms with Gasteiger partial charge in [0.1, 0.15) is 0 Å². The van der Waals surface area contributed by atoms with Gasteiger partial charge in [-0.15, -0.1) is 0 Å². The van der Waals surface area contributed by atoms with Gasteiger partial charge >= 0.3 is 5.97 Å². The summed E-state index contributed by atoms with van der Waals surface area (Å²) in [4.78, 5) is 15.3. The summed E-state index contributed by atoms with van der Waals surface area (Å²) in [6.45, 7) is 6.11. The van der Waals surface area contributed by atoms with E-state index < -0.39 is 5.97 Å². The normalized spacial score (nSPS) is 17.0. The van der Waals surface area contributed by atoms with E-state index in [-0.39, 0.29) is 6.42 Å². The highest BCUT2D eigenvalue weighted by Crippen LogP contribution is 2.18. The molecule has 1 aromatic rings. The molecule has 0 amide bonds. The van der Waals surface area contributed by atoms with Crippen molar-refractivity contribution in [2.75, 3.05) is 32.7 Å². The molecule has 0 atom stereocenters. The number of aliphatic carboxylic acids is 1. The van der Waals surface area contributed by atoms with Gasteiger partial charge in [0.15, 0.2) is 0 Å². The van der Waals surface area contributed by atoms with Crippen LogP contribution in [0.4, 0.5) is 0 Å². The van der Waals surface area contributed by atoms with Gasteiger partial charge in [-0.1, -0.05) is 29.8 Å². The van der Waals surface area contributed by atoms with Crippen LogP contribution in [0, 0.1) is 0 Å². The second kappa shape index (κ2) is 8.37. The molecule has 116 valence electrons. The van der Waals surface area contributed by atoms with Gasteiger partial charge in [-0.25, -0.2) is 0 Å². The van der Waals surface area contributed by atoms with E-state index in [1.807, 2.05) is 18.2 Å². The molecule has 1 fully saturated rings. The van der Waals surface area contributed by atoms with Gasteiger partial charge < -0.3 is 10.0 Å². The monoisotopic (exact) mass is 310 g/mol. The van der Waals surface area contributed by atoms with Crippen LogP contribution in [0.3, 0.4) is 0 Å². The fraction of sp³-hybridized carbons (Fsp3) is 0.562. The maximum atomic E-state index is 10.5. The first kappa shape index (κ1) is 16.3. The number of carboxylic acids is 1. The molecule has 1 heterocycles. The number of benzene rings is 1. The second-order valence-electron chi connectivity index (χ2n) is 5.56. The van der Waals surface area contributed by atoms with E-state index in [4.69, 9.17) is 16.7 Å². The number of carbonyl (C=O) groups is 1. The number of piperazine rings is 1. The molecule has 0 bridgehead atoms. The van der Waals surface area contributed by atoms with Crippen LogP contribution >= 0.6 is 11.6 Å². The van der Waals surface area contributed by atoms with Gasteiger partial charge in [0.05, 0.1) is 0 Å². The molecule has 0 unspecified atom stereocenters. The van der Waals surface area contributed by atoms with E-state index in [9.17, 15) is 4.79 Å². The molecular formula is C16H23ClN2O2. The lowest BCUT2D eigenvalue weighted by Crippen LogP contribution is -2.46. The standard InChI is InChI=1S/C16H23ClN2O2/c17-15-6-2-1-5-14(15)13-19-11-9-18(10-12-19)8-4-3-7-16(20)21/h1-2,5-6H,3-4,7-13H2,(H,20,21). The van der Waals surface area contributed by atoms with Gasteiger partial charge in [-0.05, 0) is 31.0 Å². The third-order valence-electron chi connectivity index (χ3n) is 3.93. The van der Waals surface area contributed by atoms with Crippen LogP contribution in [0.1, 0.15) is 24.8 Å². The van der Waals surface area contributed by atoms with Gasteiger partial charge in [-0.3, -0.25) is 9.69 Å². The maximum absolute atomic E-state index is 10.5. The molecule has 4 nitrogen and oxygen atoms in total. The number of unbranched alkanes of at least 4 members (excludes halogenated alkanes) is 1. The van der Waals surface area contributed by atoms with Crippen LogP contribution in [0.2, 0.25) is 5.02 Å². The first-order valence-corrected chi connectivity index (χ1v) is 7.93. The van der Waals surface area contributed by atoms with E-state index in [1.165, 1.54) is 5.56 Å². The van der Waals surface area contributed by atoms with E-state index in [0.717, 1.165) is 57.1 Å². The number of halogens is 1. The summed E-state index contributed by atoms with van der Waals surface area (Å²) in [6.07, 6.45) is 2.03. The Morgan fingerprint density at radius 2 is 1.76 bits per heavy atom. The number of nitrogens with zero attached hydrogens (tertiary/aromatic N) is 2.